The van der Waals surface area contributed by atoms with E-state index in [9.17, 15) is 0 Å². The Balaban J connectivity index is 3.27. The molecule has 0 atom stereocenters. The van der Waals surface area contributed by atoms with Gasteiger partial charge in [-0.05, 0) is 0 Å². The molecule has 15 heavy (non-hydrogen) atoms. The molecule has 0 radical (unpaired) electrons. The zero-order valence-electron chi connectivity index (χ0n) is 8.73. The second-order valence-electron chi connectivity index (χ2n) is 2.55. The molecule has 0 unspecified atom stereocenters. The monoisotopic (exact) mass is 209 g/mol. The molecule has 0 saturated heterocycles. The number of nitrogens with zero attached hydrogens (tertiary/aromatic N) is 1. The topological polar surface area (TPSA) is 60.7 Å². The van der Waals surface area contributed by atoms with Crippen LogP contribution in [0.25, 0.3) is 0 Å². The summed E-state index contributed by atoms with van der Waals surface area (Å²) in [6, 6.07) is 3.21. The van der Waals surface area contributed by atoms with Gasteiger partial charge >= 0.3 is 0 Å². The number of hydrogen-bond donors (Lipinski definition) is 0. The summed E-state index contributed by atoms with van der Waals surface area (Å²) < 4.78 is 19.9. The third kappa shape index (κ3) is 2.23. The summed E-state index contributed by atoms with van der Waals surface area (Å²) in [5.74, 6) is 1.57. The van der Waals surface area contributed by atoms with E-state index in [2.05, 4.69) is 0 Å². The molecular formula is C10H11NO4. The van der Waals surface area contributed by atoms with E-state index < -0.39 is 0 Å². The van der Waals surface area contributed by atoms with Gasteiger partial charge in [-0.3, -0.25) is 0 Å². The van der Waals surface area contributed by atoms with Crippen molar-refractivity contribution in [3.8, 4) is 29.3 Å². The summed E-state index contributed by atoms with van der Waals surface area (Å²) in [6.45, 7) is 0. The molecule has 0 fully saturated rings. The lowest BCUT2D eigenvalue weighted by atomic mass is 10.2. The van der Waals surface area contributed by atoms with Crippen LogP contribution in [0.15, 0.2) is 12.1 Å². The van der Waals surface area contributed by atoms with Crippen LogP contribution < -0.4 is 18.9 Å². The fourth-order valence-electron chi connectivity index (χ4n) is 1.12. The molecule has 0 aromatic heterocycles. The van der Waals surface area contributed by atoms with Crippen LogP contribution in [0.4, 0.5) is 0 Å². The van der Waals surface area contributed by atoms with Gasteiger partial charge in [0.1, 0.15) is 5.75 Å². The lowest BCUT2D eigenvalue weighted by molar-refractivity contribution is 0.342. The third-order valence-corrected chi connectivity index (χ3v) is 1.82. The van der Waals surface area contributed by atoms with Crippen LogP contribution in [0.2, 0.25) is 0 Å². The minimum Gasteiger partial charge on any atom is -0.496 e. The van der Waals surface area contributed by atoms with Crippen molar-refractivity contribution in [2.45, 2.75) is 0 Å². The normalized spacial score (nSPS) is 8.93. The van der Waals surface area contributed by atoms with Gasteiger partial charge in [0, 0.05) is 12.1 Å². The number of methoxy groups -OCH3 is 3. The average molecular weight is 209 g/mol. The molecule has 0 bridgehead atoms. The summed E-state index contributed by atoms with van der Waals surface area (Å²) in [7, 11) is 4.47. The lowest BCUT2D eigenvalue weighted by Gasteiger charge is -2.11. The molecule has 0 amide bonds. The van der Waals surface area contributed by atoms with Crippen LogP contribution in [-0.4, -0.2) is 21.3 Å². The summed E-state index contributed by atoms with van der Waals surface area (Å²) in [5, 5.41) is 8.47. The number of nitriles is 1. The number of benzene rings is 1. The van der Waals surface area contributed by atoms with Gasteiger partial charge in [0.05, 0.1) is 21.3 Å². The first-order valence-corrected chi connectivity index (χ1v) is 4.12. The van der Waals surface area contributed by atoms with Crippen LogP contribution in [0.1, 0.15) is 0 Å². The molecule has 1 aromatic rings. The SMILES string of the molecule is COc1cc(OC)c(OC#N)c(OC)c1. The molecule has 5 heteroatoms. The molecule has 0 aliphatic carbocycles. The fourth-order valence-corrected chi connectivity index (χ4v) is 1.12. The quantitative estimate of drug-likeness (QED) is 0.704. The Morgan fingerprint density at radius 2 is 1.53 bits per heavy atom. The van der Waals surface area contributed by atoms with Crippen molar-refractivity contribution >= 4 is 0 Å². The van der Waals surface area contributed by atoms with Crippen LogP contribution in [-0.2, 0) is 0 Å². The highest BCUT2D eigenvalue weighted by molar-refractivity contribution is 5.56. The van der Waals surface area contributed by atoms with Gasteiger partial charge in [0.25, 0.3) is 6.26 Å². The maximum Gasteiger partial charge on any atom is 0.292 e. The second kappa shape index (κ2) is 4.96. The molecule has 0 saturated carbocycles. The van der Waals surface area contributed by atoms with E-state index in [0.717, 1.165) is 0 Å². The minimum atomic E-state index is 0.239. The van der Waals surface area contributed by atoms with Gasteiger partial charge in [-0.1, -0.05) is 0 Å². The van der Waals surface area contributed by atoms with E-state index in [-0.39, 0.29) is 5.75 Å². The highest BCUT2D eigenvalue weighted by atomic mass is 16.5. The Hall–Kier alpha value is -2.09. The highest BCUT2D eigenvalue weighted by Crippen LogP contribution is 2.40. The van der Waals surface area contributed by atoms with E-state index in [1.807, 2.05) is 0 Å². The van der Waals surface area contributed by atoms with Gasteiger partial charge < -0.3 is 18.9 Å². The van der Waals surface area contributed by atoms with Gasteiger partial charge in [-0.25, -0.2) is 0 Å². The molecule has 1 rings (SSSR count). The molecule has 0 aliphatic heterocycles. The summed E-state index contributed by atoms with van der Waals surface area (Å²) in [4.78, 5) is 0. The first-order chi connectivity index (χ1) is 7.26. The third-order valence-electron chi connectivity index (χ3n) is 1.82. The van der Waals surface area contributed by atoms with Crippen LogP contribution in [0.5, 0.6) is 23.0 Å². The van der Waals surface area contributed by atoms with Crippen molar-refractivity contribution in [1.29, 1.82) is 5.26 Å². The summed E-state index contributed by atoms with van der Waals surface area (Å²) in [6.07, 6.45) is 1.57. The Morgan fingerprint density at radius 1 is 1.00 bits per heavy atom. The first kappa shape index (κ1) is 11.0. The van der Waals surface area contributed by atoms with E-state index in [1.165, 1.54) is 21.3 Å². The van der Waals surface area contributed by atoms with E-state index in [4.69, 9.17) is 24.2 Å². The van der Waals surface area contributed by atoms with Crippen LogP contribution in [0, 0.1) is 11.5 Å². The van der Waals surface area contributed by atoms with E-state index in [0.29, 0.717) is 17.2 Å². The Morgan fingerprint density at radius 3 is 1.87 bits per heavy atom. The van der Waals surface area contributed by atoms with Gasteiger partial charge in [-0.15, -0.1) is 5.26 Å². The Labute approximate surface area is 87.7 Å². The summed E-state index contributed by atoms with van der Waals surface area (Å²) in [5.41, 5.74) is 0. The predicted octanol–water partition coefficient (Wildman–Crippen LogP) is 1.57. The average Bonchev–Trinajstić information content (AvgIpc) is 2.29. The predicted molar refractivity (Wildman–Crippen MR) is 52.3 cm³/mol. The van der Waals surface area contributed by atoms with Crippen LogP contribution >= 0.6 is 0 Å². The molecule has 0 aliphatic rings. The van der Waals surface area contributed by atoms with Crippen molar-refractivity contribution in [1.82, 2.24) is 0 Å². The number of rotatable bonds is 4. The molecule has 0 heterocycles. The minimum absolute atomic E-state index is 0.239. The van der Waals surface area contributed by atoms with Gasteiger partial charge in [0.15, 0.2) is 11.5 Å². The second-order valence-corrected chi connectivity index (χ2v) is 2.55. The molecule has 0 spiro atoms. The zero-order valence-corrected chi connectivity index (χ0v) is 8.73. The smallest absolute Gasteiger partial charge is 0.292 e. The molecule has 1 aromatic carbocycles. The zero-order chi connectivity index (χ0) is 11.3. The maximum absolute atomic E-state index is 8.47. The highest BCUT2D eigenvalue weighted by Gasteiger charge is 2.14. The van der Waals surface area contributed by atoms with E-state index in [1.54, 1.807) is 18.4 Å². The Kier molecular flexibility index (Phi) is 3.63. The molecular weight excluding hydrogens is 198 g/mol. The van der Waals surface area contributed by atoms with Crippen molar-refractivity contribution < 1.29 is 18.9 Å². The summed E-state index contributed by atoms with van der Waals surface area (Å²) >= 11 is 0. The fraction of sp³-hybridized carbons (Fsp3) is 0.300. The lowest BCUT2D eigenvalue weighted by Crippen LogP contribution is -1.95. The molecule has 5 nitrogen and oxygen atoms in total. The Bertz CT molecular complexity index is 358. The van der Waals surface area contributed by atoms with Crippen molar-refractivity contribution in [3.63, 3.8) is 0 Å². The van der Waals surface area contributed by atoms with E-state index >= 15 is 0 Å². The van der Waals surface area contributed by atoms with Crippen molar-refractivity contribution in [3.05, 3.63) is 12.1 Å². The maximum atomic E-state index is 8.47. The molecule has 0 N–H and O–H groups in total. The van der Waals surface area contributed by atoms with Crippen LogP contribution in [0.3, 0.4) is 0 Å². The standard InChI is InChI=1S/C10H11NO4/c1-12-7-4-8(13-2)10(15-6-11)9(5-7)14-3/h4-5H,1-3H3. The molecule has 80 valence electrons. The van der Waals surface area contributed by atoms with Crippen molar-refractivity contribution in [2.24, 2.45) is 0 Å². The number of ether oxygens (including phenoxy) is 4. The van der Waals surface area contributed by atoms with Gasteiger partial charge in [0.2, 0.25) is 5.75 Å². The first-order valence-electron chi connectivity index (χ1n) is 4.12. The van der Waals surface area contributed by atoms with Crippen molar-refractivity contribution in [2.75, 3.05) is 21.3 Å². The van der Waals surface area contributed by atoms with Gasteiger partial charge in [-0.2, -0.15) is 0 Å². The largest absolute Gasteiger partial charge is 0.496 e. The number of hydrogen-bond acceptors (Lipinski definition) is 5.